The van der Waals surface area contributed by atoms with Gasteiger partial charge < -0.3 is 0 Å². The summed E-state index contributed by atoms with van der Waals surface area (Å²) in [6.07, 6.45) is 3.89. The van der Waals surface area contributed by atoms with Crippen molar-refractivity contribution < 1.29 is 0 Å². The fourth-order valence-electron chi connectivity index (χ4n) is 0.841. The van der Waals surface area contributed by atoms with E-state index in [0.717, 1.165) is 0 Å². The van der Waals surface area contributed by atoms with E-state index in [4.69, 9.17) is 34.8 Å². The quantitative estimate of drug-likeness (QED) is 0.338. The predicted octanol–water partition coefficient (Wildman–Crippen LogP) is 5.70. The van der Waals surface area contributed by atoms with Crippen molar-refractivity contribution in [2.24, 2.45) is 0 Å². The van der Waals surface area contributed by atoms with Crippen LogP contribution in [-0.2, 0) is 0 Å². The first kappa shape index (κ1) is 18.0. The lowest BCUT2D eigenvalue weighted by molar-refractivity contribution is 0.658. The van der Waals surface area contributed by atoms with Crippen molar-refractivity contribution in [3.63, 3.8) is 0 Å². The monoisotopic (exact) mass is 476 g/mol. The Morgan fingerprint density at radius 2 is 1.75 bits per heavy atom. The molecule has 0 aliphatic rings. The third kappa shape index (κ3) is 5.79. The second-order valence-electron chi connectivity index (χ2n) is 3.95. The van der Waals surface area contributed by atoms with Crippen LogP contribution in [0.2, 0.25) is 0 Å². The topological polar surface area (TPSA) is 0 Å². The number of hydrogen-bond acceptors (Lipinski definition) is 0. The van der Waals surface area contributed by atoms with Crippen LogP contribution in [0.25, 0.3) is 0 Å². The smallest absolute Gasteiger partial charge is 0.0714 e. The molecular weight excluding hydrogens is 466 g/mol. The number of halogens is 6. The third-order valence-corrected chi connectivity index (χ3v) is 8.15. The molecule has 0 fully saturated rings. The van der Waals surface area contributed by atoms with Crippen molar-refractivity contribution in [2.45, 2.75) is 33.3 Å². The second kappa shape index (κ2) is 7.59. The standard InChI is InChI=1S/C10H14Br3Cl3/c1-9(15,6-11)4-3-7(12)10(2,16)8(13)5-14/h3-4,7-8H,5-6H2,1-2H3/b4-3+/t7-,8-,9-,10-/m0/s1. The summed E-state index contributed by atoms with van der Waals surface area (Å²) in [7, 11) is 0. The maximum absolute atomic E-state index is 6.43. The summed E-state index contributed by atoms with van der Waals surface area (Å²) < 4.78 is 0. The largest absolute Gasteiger partial charge is 0.125 e. The molecule has 0 aromatic heterocycles. The van der Waals surface area contributed by atoms with E-state index in [-0.39, 0.29) is 9.65 Å². The van der Waals surface area contributed by atoms with E-state index < -0.39 is 9.75 Å². The van der Waals surface area contributed by atoms with Gasteiger partial charge >= 0.3 is 0 Å². The molecule has 0 spiro atoms. The van der Waals surface area contributed by atoms with Crippen molar-refractivity contribution >= 4 is 82.6 Å². The average molecular weight is 480 g/mol. The highest BCUT2D eigenvalue weighted by molar-refractivity contribution is 9.10. The Bertz CT molecular complexity index is 241. The molecular formula is C10H14Br3Cl3. The van der Waals surface area contributed by atoms with Crippen LogP contribution >= 0.6 is 82.6 Å². The van der Waals surface area contributed by atoms with Crippen LogP contribution in [0.3, 0.4) is 0 Å². The summed E-state index contributed by atoms with van der Waals surface area (Å²) in [6.45, 7) is 3.86. The van der Waals surface area contributed by atoms with Gasteiger partial charge in [0.05, 0.1) is 14.6 Å². The van der Waals surface area contributed by atoms with Gasteiger partial charge in [0.2, 0.25) is 0 Å². The van der Waals surface area contributed by atoms with Crippen LogP contribution in [0, 0.1) is 0 Å². The molecule has 0 rings (SSSR count). The van der Waals surface area contributed by atoms with Gasteiger partial charge in [-0.05, 0) is 13.8 Å². The molecule has 16 heavy (non-hydrogen) atoms. The molecule has 0 aromatic rings. The first-order chi connectivity index (χ1) is 7.17. The fourth-order valence-corrected chi connectivity index (χ4v) is 2.76. The molecule has 6 heteroatoms. The van der Waals surface area contributed by atoms with Crippen molar-refractivity contribution in [3.05, 3.63) is 12.2 Å². The molecule has 0 aromatic carbocycles. The minimum atomic E-state index is -0.502. The Labute approximate surface area is 138 Å². The number of rotatable bonds is 6. The lowest BCUT2D eigenvalue weighted by atomic mass is 10.0. The van der Waals surface area contributed by atoms with E-state index in [1.165, 1.54) is 0 Å². The number of alkyl halides is 6. The summed E-state index contributed by atoms with van der Waals surface area (Å²) >= 11 is 28.8. The van der Waals surface area contributed by atoms with Crippen LogP contribution in [0.4, 0.5) is 0 Å². The molecule has 0 aliphatic carbocycles. The molecule has 0 saturated heterocycles. The summed E-state index contributed by atoms with van der Waals surface area (Å²) in [5.41, 5.74) is 0. The maximum Gasteiger partial charge on any atom is 0.0714 e. The Morgan fingerprint density at radius 1 is 1.25 bits per heavy atom. The lowest BCUT2D eigenvalue weighted by Crippen LogP contribution is -2.38. The molecule has 0 aliphatic heterocycles. The van der Waals surface area contributed by atoms with Crippen molar-refractivity contribution in [2.75, 3.05) is 11.2 Å². The normalized spacial score (nSPS) is 23.8. The van der Waals surface area contributed by atoms with E-state index in [0.29, 0.717) is 11.2 Å². The first-order valence-electron chi connectivity index (χ1n) is 4.64. The molecule has 0 saturated carbocycles. The summed E-state index contributed by atoms with van der Waals surface area (Å²) in [5.74, 6) is 0.451. The molecule has 0 heterocycles. The summed E-state index contributed by atoms with van der Waals surface area (Å²) in [5, 5.41) is 0.685. The van der Waals surface area contributed by atoms with Gasteiger partial charge in [-0.2, -0.15) is 0 Å². The Balaban J connectivity index is 4.63. The van der Waals surface area contributed by atoms with Gasteiger partial charge in [0.1, 0.15) is 0 Å². The summed E-state index contributed by atoms with van der Waals surface area (Å²) in [6, 6.07) is 0. The summed E-state index contributed by atoms with van der Waals surface area (Å²) in [4.78, 5) is -0.899. The van der Waals surface area contributed by atoms with E-state index in [1.807, 2.05) is 26.0 Å². The van der Waals surface area contributed by atoms with E-state index in [1.54, 1.807) is 0 Å². The SMILES string of the molecule is C[C@](Cl)([C@@H](Br)/C=C/[C@](C)(Cl)CBr)[C@@H](Br)CCl. The van der Waals surface area contributed by atoms with Crippen LogP contribution in [0.15, 0.2) is 12.2 Å². The van der Waals surface area contributed by atoms with Crippen molar-refractivity contribution in [1.82, 2.24) is 0 Å². The van der Waals surface area contributed by atoms with Crippen LogP contribution < -0.4 is 0 Å². The van der Waals surface area contributed by atoms with E-state index in [2.05, 4.69) is 47.8 Å². The average Bonchev–Trinajstić information content (AvgIpc) is 2.24. The molecule has 0 bridgehead atoms. The van der Waals surface area contributed by atoms with Crippen LogP contribution in [0.5, 0.6) is 0 Å². The highest BCUT2D eigenvalue weighted by Gasteiger charge is 2.35. The molecule has 0 amide bonds. The molecule has 4 atom stereocenters. The lowest BCUT2D eigenvalue weighted by Gasteiger charge is -2.30. The van der Waals surface area contributed by atoms with Crippen LogP contribution in [-0.4, -0.2) is 30.6 Å². The van der Waals surface area contributed by atoms with E-state index >= 15 is 0 Å². The third-order valence-electron chi connectivity index (χ3n) is 2.16. The Kier molecular flexibility index (Phi) is 8.57. The second-order valence-corrected chi connectivity index (χ2v) is 8.58. The maximum atomic E-state index is 6.43. The van der Waals surface area contributed by atoms with Gasteiger partial charge in [-0.25, -0.2) is 0 Å². The minimum Gasteiger partial charge on any atom is -0.125 e. The van der Waals surface area contributed by atoms with Gasteiger partial charge in [-0.3, -0.25) is 0 Å². The first-order valence-corrected chi connectivity index (χ1v) is 8.89. The fraction of sp³-hybridized carbons (Fsp3) is 0.800. The van der Waals surface area contributed by atoms with Crippen LogP contribution in [0.1, 0.15) is 13.8 Å². The predicted molar refractivity (Wildman–Crippen MR) is 87.6 cm³/mol. The van der Waals surface area contributed by atoms with Gasteiger partial charge in [0.15, 0.2) is 0 Å². The minimum absolute atomic E-state index is 0.0121. The molecule has 0 nitrogen and oxygen atoms in total. The Hall–Kier alpha value is 2.05. The zero-order valence-corrected chi connectivity index (χ0v) is 16.0. The molecule has 0 radical (unpaired) electrons. The van der Waals surface area contributed by atoms with Gasteiger partial charge in [0.25, 0.3) is 0 Å². The highest BCUT2D eigenvalue weighted by Crippen LogP contribution is 2.35. The van der Waals surface area contributed by atoms with Crippen molar-refractivity contribution in [3.8, 4) is 0 Å². The van der Waals surface area contributed by atoms with Gasteiger partial charge in [-0.15, -0.1) is 34.8 Å². The van der Waals surface area contributed by atoms with Crippen molar-refractivity contribution in [1.29, 1.82) is 0 Å². The molecule has 0 N–H and O–H groups in total. The molecule has 96 valence electrons. The zero-order chi connectivity index (χ0) is 13.0. The van der Waals surface area contributed by atoms with Gasteiger partial charge in [-0.1, -0.05) is 59.9 Å². The zero-order valence-electron chi connectivity index (χ0n) is 8.99. The van der Waals surface area contributed by atoms with Gasteiger partial charge in [0, 0.05) is 16.0 Å². The van der Waals surface area contributed by atoms with E-state index in [9.17, 15) is 0 Å². The number of hydrogen-bond donors (Lipinski definition) is 0. The Morgan fingerprint density at radius 3 is 2.12 bits per heavy atom. The molecule has 0 unspecified atom stereocenters. The highest BCUT2D eigenvalue weighted by atomic mass is 79.9. The number of allylic oxidation sites excluding steroid dienone is 2.